The van der Waals surface area contributed by atoms with E-state index in [2.05, 4.69) is 194 Å². The zero-order valence-electron chi connectivity index (χ0n) is 39.2. The van der Waals surface area contributed by atoms with Gasteiger partial charge in [0.05, 0.1) is 26.4 Å². The van der Waals surface area contributed by atoms with Crippen molar-refractivity contribution < 1.29 is 18.9 Å². The Hall–Kier alpha value is -7.06. The summed E-state index contributed by atoms with van der Waals surface area (Å²) in [5.74, 6) is 3.50. The molecule has 0 amide bonds. The number of benzene rings is 7. The summed E-state index contributed by atoms with van der Waals surface area (Å²) in [4.78, 5) is 4.59. The van der Waals surface area contributed by atoms with Crippen molar-refractivity contribution in [1.29, 1.82) is 0 Å². The second-order valence-corrected chi connectivity index (χ2v) is 16.4. The van der Waals surface area contributed by atoms with E-state index < -0.39 is 0 Å². The van der Waals surface area contributed by atoms with Crippen LogP contribution in [0.3, 0.4) is 0 Å². The molecule has 7 aromatic carbocycles. The van der Waals surface area contributed by atoms with E-state index in [0.29, 0.717) is 13.2 Å². The lowest BCUT2D eigenvalue weighted by molar-refractivity contribution is 0.309. The summed E-state index contributed by atoms with van der Waals surface area (Å²) in [5, 5.41) is 7.13. The fraction of sp³-hybridized carbons (Fsp3) is 0.276. The minimum absolute atomic E-state index is 0.700. The van der Waals surface area contributed by atoms with E-state index in [1.54, 1.807) is 0 Å². The summed E-state index contributed by atoms with van der Waals surface area (Å²) in [5.41, 5.74) is 10.1. The van der Waals surface area contributed by atoms with Crippen LogP contribution in [-0.4, -0.2) is 26.4 Å². The van der Waals surface area contributed by atoms with Crippen molar-refractivity contribution in [3.63, 3.8) is 0 Å². The van der Waals surface area contributed by atoms with Crippen LogP contribution < -0.4 is 39.4 Å². The Balaban J connectivity index is 1.19. The predicted molar refractivity (Wildman–Crippen MR) is 277 cm³/mol. The van der Waals surface area contributed by atoms with E-state index in [-0.39, 0.29) is 0 Å². The maximum absolute atomic E-state index is 6.08. The van der Waals surface area contributed by atoms with Crippen LogP contribution in [0.2, 0.25) is 0 Å². The van der Waals surface area contributed by atoms with E-state index in [0.717, 1.165) is 144 Å². The van der Waals surface area contributed by atoms with Gasteiger partial charge in [0.1, 0.15) is 23.0 Å². The van der Waals surface area contributed by atoms with E-state index >= 15 is 0 Å². The Kier molecular flexibility index (Phi) is 17.7. The van der Waals surface area contributed by atoms with Crippen LogP contribution in [0.5, 0.6) is 23.0 Å². The highest BCUT2D eigenvalue weighted by Crippen LogP contribution is 2.42. The molecule has 0 aliphatic heterocycles. The summed E-state index contributed by atoms with van der Waals surface area (Å²) >= 11 is 0. The molecule has 7 aromatic rings. The number of hydrogen-bond donors (Lipinski definition) is 2. The van der Waals surface area contributed by atoms with Gasteiger partial charge in [-0.05, 0) is 189 Å². The van der Waals surface area contributed by atoms with Crippen molar-refractivity contribution in [3.05, 3.63) is 170 Å². The van der Waals surface area contributed by atoms with Gasteiger partial charge in [-0.2, -0.15) is 0 Å². The molecule has 0 aliphatic rings. The monoisotopic (exact) mass is 883 g/mol. The minimum Gasteiger partial charge on any atom is -0.494 e. The lowest BCUT2D eigenvalue weighted by atomic mass is 10.1. The van der Waals surface area contributed by atoms with Gasteiger partial charge in [-0.15, -0.1) is 0 Å². The Morgan fingerprint density at radius 1 is 0.303 bits per heavy atom. The smallest absolute Gasteiger partial charge is 0.119 e. The average molecular weight is 883 g/mol. The summed E-state index contributed by atoms with van der Waals surface area (Å²) in [6, 6.07) is 59.0. The first-order chi connectivity index (χ1) is 32.5. The van der Waals surface area contributed by atoms with Gasteiger partial charge in [-0.3, -0.25) is 0 Å². The number of nitrogens with one attached hydrogen (secondary N) is 2. The molecule has 0 unspecified atom stereocenters. The quantitative estimate of drug-likeness (QED) is 0.0522. The minimum atomic E-state index is 0.700. The number of rotatable bonds is 26. The van der Waals surface area contributed by atoms with Gasteiger partial charge in [-0.1, -0.05) is 59.4 Å². The first-order valence-corrected chi connectivity index (χ1v) is 23.9. The first-order valence-electron chi connectivity index (χ1n) is 23.9. The Morgan fingerprint density at radius 2 is 0.545 bits per heavy atom. The van der Waals surface area contributed by atoms with Crippen LogP contribution in [0.4, 0.5) is 56.9 Å². The molecular formula is C58H66N4O4. The summed E-state index contributed by atoms with van der Waals surface area (Å²) in [6.45, 7) is 11.6. The molecule has 0 atom stereocenters. The second kappa shape index (κ2) is 24.9. The van der Waals surface area contributed by atoms with Gasteiger partial charge in [0.25, 0.3) is 0 Å². The maximum Gasteiger partial charge on any atom is 0.119 e. The number of unbranched alkanes of at least 4 members (excludes halogenated alkanes) is 4. The van der Waals surface area contributed by atoms with E-state index in [4.69, 9.17) is 18.9 Å². The van der Waals surface area contributed by atoms with Crippen LogP contribution in [-0.2, 0) is 0 Å². The van der Waals surface area contributed by atoms with Gasteiger partial charge < -0.3 is 39.4 Å². The highest BCUT2D eigenvalue weighted by atomic mass is 16.5. The largest absolute Gasteiger partial charge is 0.494 e. The summed E-state index contributed by atoms with van der Waals surface area (Å²) in [7, 11) is 0. The molecule has 0 fully saturated rings. The molecule has 0 spiro atoms. The third-order valence-electron chi connectivity index (χ3n) is 11.1. The van der Waals surface area contributed by atoms with E-state index in [9.17, 15) is 0 Å². The molecule has 0 saturated heterocycles. The molecule has 0 aromatic heterocycles. The summed E-state index contributed by atoms with van der Waals surface area (Å²) < 4.78 is 23.9. The fourth-order valence-corrected chi connectivity index (χ4v) is 7.38. The van der Waals surface area contributed by atoms with Gasteiger partial charge in [0.2, 0.25) is 0 Å². The van der Waals surface area contributed by atoms with Crippen molar-refractivity contribution in [3.8, 4) is 23.0 Å². The third kappa shape index (κ3) is 13.5. The number of nitrogens with zero attached hydrogens (tertiary/aromatic N) is 2. The van der Waals surface area contributed by atoms with Gasteiger partial charge in [-0.25, -0.2) is 0 Å². The zero-order chi connectivity index (χ0) is 45.8. The van der Waals surface area contributed by atoms with Gasteiger partial charge in [0.15, 0.2) is 0 Å². The van der Waals surface area contributed by atoms with Crippen molar-refractivity contribution in [2.45, 2.75) is 79.1 Å². The van der Waals surface area contributed by atoms with Crippen LogP contribution in [0.1, 0.15) is 79.1 Å². The number of anilines is 10. The van der Waals surface area contributed by atoms with Crippen molar-refractivity contribution in [1.82, 2.24) is 0 Å². The third-order valence-corrected chi connectivity index (χ3v) is 11.1. The maximum atomic E-state index is 6.08. The van der Waals surface area contributed by atoms with Gasteiger partial charge in [0, 0.05) is 56.9 Å². The Labute approximate surface area is 393 Å². The SMILES string of the molecule is CCCCOc1ccc(Nc2ccc(N(c3ccc(OCCCC)cc3)c3cccc(N(c4ccc(Nc5ccc(OCCCC)cc5)cc4)c4ccc(OCCCC)cc4)c3)cc2)cc1. The predicted octanol–water partition coefficient (Wildman–Crippen LogP) is 16.8. The molecule has 2 N–H and O–H groups in total. The lowest BCUT2D eigenvalue weighted by Gasteiger charge is -2.29. The molecule has 8 heteroatoms. The summed E-state index contributed by atoms with van der Waals surface area (Å²) in [6.07, 6.45) is 8.53. The normalized spacial score (nSPS) is 10.8. The van der Waals surface area contributed by atoms with E-state index in [1.165, 1.54) is 0 Å². The van der Waals surface area contributed by atoms with Gasteiger partial charge >= 0.3 is 0 Å². The molecule has 0 bridgehead atoms. The highest BCUT2D eigenvalue weighted by molar-refractivity contribution is 5.84. The topological polar surface area (TPSA) is 67.5 Å². The van der Waals surface area contributed by atoms with Crippen LogP contribution in [0.25, 0.3) is 0 Å². The lowest BCUT2D eigenvalue weighted by Crippen LogP contribution is -2.13. The second-order valence-electron chi connectivity index (χ2n) is 16.4. The Bertz CT molecular complexity index is 2290. The zero-order valence-corrected chi connectivity index (χ0v) is 39.2. The standard InChI is InChI=1S/C58H66N4O4/c1-5-9-40-63-55-32-20-47(21-33-55)59-45-16-24-49(25-17-45)61(51-28-36-57(37-29-51)65-42-11-7-3)53-14-13-15-54(44-53)62(52-30-38-58(39-31-52)66-43-12-8-4)50-26-18-46(19-27-50)60-48-22-34-56(35-23-48)64-41-10-6-2/h13-39,44,59-60H,5-12,40-43H2,1-4H3. The molecule has 7 rings (SSSR count). The first kappa shape index (κ1) is 46.9. The molecule has 342 valence electrons. The molecule has 0 saturated carbocycles. The molecule has 66 heavy (non-hydrogen) atoms. The average Bonchev–Trinajstić information content (AvgIpc) is 3.35. The molecule has 0 heterocycles. The molecular weight excluding hydrogens is 817 g/mol. The van der Waals surface area contributed by atoms with Crippen molar-refractivity contribution >= 4 is 56.9 Å². The van der Waals surface area contributed by atoms with Crippen LogP contribution in [0.15, 0.2) is 170 Å². The van der Waals surface area contributed by atoms with Crippen LogP contribution >= 0.6 is 0 Å². The van der Waals surface area contributed by atoms with E-state index in [1.807, 2.05) is 24.3 Å². The van der Waals surface area contributed by atoms with Crippen LogP contribution in [0, 0.1) is 0 Å². The molecule has 0 radical (unpaired) electrons. The number of hydrogen-bond acceptors (Lipinski definition) is 8. The Morgan fingerprint density at radius 3 is 0.818 bits per heavy atom. The number of ether oxygens (including phenoxy) is 4. The molecule has 0 aliphatic carbocycles. The fourth-order valence-electron chi connectivity index (χ4n) is 7.38. The van der Waals surface area contributed by atoms with Crippen molar-refractivity contribution in [2.75, 3.05) is 46.9 Å². The molecule has 8 nitrogen and oxygen atoms in total. The highest BCUT2D eigenvalue weighted by Gasteiger charge is 2.18. The van der Waals surface area contributed by atoms with Crippen molar-refractivity contribution in [2.24, 2.45) is 0 Å².